The molecule has 0 heterocycles. The molecule has 38 heavy (non-hydrogen) atoms. The molecule has 0 nitrogen and oxygen atoms in total. The fourth-order valence-electron chi connectivity index (χ4n) is 3.63. The molecule has 0 atom stereocenters. The summed E-state index contributed by atoms with van der Waals surface area (Å²) in [5, 5.41) is 5.94. The van der Waals surface area contributed by atoms with E-state index in [1.165, 1.54) is 40.0 Å². The minimum absolute atomic E-state index is 0. The minimum Gasteiger partial charge on any atom is -0.245 e. The van der Waals surface area contributed by atoms with Crippen molar-refractivity contribution in [2.75, 3.05) is 12.3 Å². The van der Waals surface area contributed by atoms with E-state index in [-0.39, 0.29) is 36.9 Å². The fraction of sp³-hybridized carbons (Fsp3) is 0.143. The van der Waals surface area contributed by atoms with E-state index in [2.05, 4.69) is 135 Å². The first-order valence-electron chi connectivity index (χ1n) is 12.8. The summed E-state index contributed by atoms with van der Waals surface area (Å²) in [4.78, 5) is 0. The topological polar surface area (TPSA) is 0 Å². The summed E-state index contributed by atoms with van der Waals surface area (Å²) in [5.41, 5.74) is 0. The second kappa shape index (κ2) is 21.6. The molecule has 0 bridgehead atoms. The third-order valence-electron chi connectivity index (χ3n) is 5.51. The van der Waals surface area contributed by atoms with Gasteiger partial charge < -0.3 is 0 Å². The maximum Gasteiger partial charge on any atom is 2.00 e. The molecule has 0 saturated carbocycles. The van der Waals surface area contributed by atoms with E-state index >= 15 is 0 Å². The van der Waals surface area contributed by atoms with E-state index in [9.17, 15) is 0 Å². The standard InChI is InChI=1S/C27H26P2.2C4H7.Pt/c1-5-14-24(15-6-1)28(25-16-7-2-8-17-25)22-13-23-29(26-18-9-3-10-19-26)27-20-11-4-12-21-27;2*1-3-4-2;/h1-12,14-21H,13,22-23H2;2*3-4H,1H2,2H3;/q;2*-1;+2/b;2*4-3+;. The van der Waals surface area contributed by atoms with Crippen LogP contribution in [0.5, 0.6) is 0 Å². The molecular weight excluding hydrogens is 677 g/mol. The SMILES string of the molecule is [CH2-]/C=C/C.[CH2-]/C=C/C.[Pt+2].c1ccc(P(CCCP(c2ccccc2)c2ccccc2)c2ccccc2)cc1. The molecule has 0 aliphatic heterocycles. The average molecular weight is 718 g/mol. The number of allylic oxidation sites excluding steroid dienone is 4. The van der Waals surface area contributed by atoms with Gasteiger partial charge in [-0.15, -0.1) is 13.8 Å². The molecule has 0 amide bonds. The minimum atomic E-state index is -0.309. The van der Waals surface area contributed by atoms with E-state index in [1.54, 1.807) is 12.2 Å². The number of rotatable bonds is 8. The molecule has 0 saturated heterocycles. The van der Waals surface area contributed by atoms with Gasteiger partial charge in [-0.05, 0) is 55.8 Å². The fourth-order valence-corrected chi connectivity index (χ4v) is 8.59. The van der Waals surface area contributed by atoms with Gasteiger partial charge in [0.05, 0.1) is 0 Å². The zero-order valence-electron chi connectivity index (χ0n) is 22.6. The van der Waals surface area contributed by atoms with Gasteiger partial charge in [0.25, 0.3) is 0 Å². The van der Waals surface area contributed by atoms with Crippen molar-refractivity contribution >= 4 is 37.1 Å². The van der Waals surface area contributed by atoms with Crippen molar-refractivity contribution in [3.05, 3.63) is 159 Å². The van der Waals surface area contributed by atoms with E-state index in [0.29, 0.717) is 0 Å². The zero-order chi connectivity index (χ0) is 26.6. The molecule has 0 radical (unpaired) electrons. The van der Waals surface area contributed by atoms with Gasteiger partial charge in [0.15, 0.2) is 0 Å². The predicted octanol–water partition coefficient (Wildman–Crippen LogP) is 8.43. The van der Waals surface area contributed by atoms with Crippen LogP contribution in [0.2, 0.25) is 0 Å². The van der Waals surface area contributed by atoms with Gasteiger partial charge in [-0.25, -0.2) is 38.2 Å². The van der Waals surface area contributed by atoms with E-state index < -0.39 is 0 Å². The van der Waals surface area contributed by atoms with Gasteiger partial charge in [-0.3, -0.25) is 0 Å². The Morgan fingerprint density at radius 3 is 0.868 bits per heavy atom. The third kappa shape index (κ3) is 12.5. The van der Waals surface area contributed by atoms with Crippen LogP contribution in [0.25, 0.3) is 0 Å². The average Bonchev–Trinajstić information content (AvgIpc) is 2.99. The summed E-state index contributed by atoms with van der Waals surface area (Å²) in [7, 11) is -0.618. The molecule has 0 aliphatic carbocycles. The van der Waals surface area contributed by atoms with Crippen molar-refractivity contribution in [2.45, 2.75) is 20.3 Å². The Kier molecular flexibility index (Phi) is 19.1. The Bertz CT molecular complexity index is 948. The zero-order valence-corrected chi connectivity index (χ0v) is 26.7. The molecule has 4 aromatic carbocycles. The maximum atomic E-state index is 3.42. The summed E-state index contributed by atoms with van der Waals surface area (Å²) in [6.45, 7) is 10.7. The summed E-state index contributed by atoms with van der Waals surface area (Å²) >= 11 is 0. The molecule has 0 aromatic heterocycles. The van der Waals surface area contributed by atoms with Crippen LogP contribution < -0.4 is 21.2 Å². The largest absolute Gasteiger partial charge is 2.00 e. The Morgan fingerprint density at radius 2 is 0.684 bits per heavy atom. The molecule has 4 aromatic rings. The maximum absolute atomic E-state index is 3.42. The summed E-state index contributed by atoms with van der Waals surface area (Å²) in [6.07, 6.45) is 11.0. The van der Waals surface area contributed by atoms with Gasteiger partial charge in [-0.1, -0.05) is 121 Å². The van der Waals surface area contributed by atoms with Crippen LogP contribution in [0.15, 0.2) is 146 Å². The third-order valence-corrected chi connectivity index (χ3v) is 10.7. The second-order valence-corrected chi connectivity index (χ2v) is 12.8. The molecule has 4 rings (SSSR count). The van der Waals surface area contributed by atoms with Crippen LogP contribution in [-0.2, 0) is 21.1 Å². The van der Waals surface area contributed by atoms with Crippen molar-refractivity contribution in [1.29, 1.82) is 0 Å². The van der Waals surface area contributed by atoms with Crippen molar-refractivity contribution < 1.29 is 21.1 Å². The van der Waals surface area contributed by atoms with Crippen molar-refractivity contribution in [3.8, 4) is 0 Å². The predicted molar refractivity (Wildman–Crippen MR) is 173 cm³/mol. The first-order valence-corrected chi connectivity index (χ1v) is 15.9. The first-order chi connectivity index (χ1) is 18.2. The van der Waals surface area contributed by atoms with Gasteiger partial charge in [0.2, 0.25) is 0 Å². The summed E-state index contributed by atoms with van der Waals surface area (Å²) in [5.74, 6) is 0. The molecule has 3 heteroatoms. The van der Waals surface area contributed by atoms with Gasteiger partial charge in [-0.2, -0.15) is 0 Å². The Hall–Kier alpha value is -2.35. The van der Waals surface area contributed by atoms with Gasteiger partial charge in [0.1, 0.15) is 0 Å². The van der Waals surface area contributed by atoms with Crippen LogP contribution in [0.3, 0.4) is 0 Å². The monoisotopic (exact) mass is 717 g/mol. The molecular formula is C35H40P2Pt. The van der Waals surface area contributed by atoms with Crippen LogP contribution in [0.1, 0.15) is 20.3 Å². The van der Waals surface area contributed by atoms with Crippen LogP contribution in [0.4, 0.5) is 0 Å². The normalized spacial score (nSPS) is 10.4. The summed E-state index contributed by atoms with van der Waals surface area (Å²) in [6, 6.07) is 44.3. The smallest absolute Gasteiger partial charge is 0.245 e. The second-order valence-electron chi connectivity index (χ2n) is 8.14. The Labute approximate surface area is 249 Å². The molecule has 200 valence electrons. The number of benzene rings is 4. The molecule has 0 N–H and O–H groups in total. The van der Waals surface area contributed by atoms with Crippen molar-refractivity contribution in [3.63, 3.8) is 0 Å². The Morgan fingerprint density at radius 1 is 0.474 bits per heavy atom. The molecule has 0 aliphatic rings. The van der Waals surface area contributed by atoms with Crippen molar-refractivity contribution in [2.24, 2.45) is 0 Å². The number of hydrogen-bond acceptors (Lipinski definition) is 0. The van der Waals surface area contributed by atoms with Gasteiger partial charge in [0, 0.05) is 0 Å². The molecule has 0 spiro atoms. The molecule has 0 fully saturated rings. The quantitative estimate of drug-likeness (QED) is 0.127. The molecule has 0 unspecified atom stereocenters. The first kappa shape index (κ1) is 33.7. The number of hydrogen-bond donors (Lipinski definition) is 0. The van der Waals surface area contributed by atoms with E-state index in [0.717, 1.165) is 0 Å². The van der Waals surface area contributed by atoms with E-state index in [4.69, 9.17) is 0 Å². The van der Waals surface area contributed by atoms with E-state index in [1.807, 2.05) is 26.0 Å². The van der Waals surface area contributed by atoms with Crippen LogP contribution in [0, 0.1) is 13.8 Å². The van der Waals surface area contributed by atoms with Crippen LogP contribution >= 0.6 is 15.8 Å². The van der Waals surface area contributed by atoms with Crippen molar-refractivity contribution in [1.82, 2.24) is 0 Å². The van der Waals surface area contributed by atoms with Gasteiger partial charge >= 0.3 is 21.1 Å². The summed E-state index contributed by atoms with van der Waals surface area (Å²) < 4.78 is 0. The van der Waals surface area contributed by atoms with Crippen LogP contribution in [-0.4, -0.2) is 12.3 Å². The Balaban J connectivity index is 0.000000709.